The zero-order valence-corrected chi connectivity index (χ0v) is 35.1. The van der Waals surface area contributed by atoms with Gasteiger partial charge in [-0.3, -0.25) is 24.0 Å². The van der Waals surface area contributed by atoms with E-state index in [2.05, 4.69) is 17.6 Å². The summed E-state index contributed by atoms with van der Waals surface area (Å²) in [6, 6.07) is 18.2. The molecule has 2 aromatic rings. The molecule has 0 aliphatic heterocycles. The Morgan fingerprint density at radius 1 is 0.589 bits per heavy atom. The predicted molar refractivity (Wildman–Crippen MR) is 227 cm³/mol. The molecule has 0 aromatic heterocycles. The van der Waals surface area contributed by atoms with Crippen LogP contribution in [-0.2, 0) is 36.8 Å². The normalized spacial score (nSPS) is 13.5. The van der Waals surface area contributed by atoms with Gasteiger partial charge in [-0.15, -0.1) is 0 Å². The first kappa shape index (κ1) is 48.3. The van der Waals surface area contributed by atoms with E-state index in [1.807, 2.05) is 93.3 Å². The van der Waals surface area contributed by atoms with E-state index in [-0.39, 0.29) is 54.0 Å². The summed E-state index contributed by atoms with van der Waals surface area (Å²) in [6.45, 7) is 11.9. The number of unbranched alkanes of at least 4 members (excludes halogenated alkanes) is 4. The third kappa shape index (κ3) is 20.3. The number of rotatable bonds is 30. The van der Waals surface area contributed by atoms with Crippen LogP contribution in [-0.4, -0.2) is 72.5 Å². The minimum Gasteiger partial charge on any atom is -0.356 e. The van der Waals surface area contributed by atoms with Crippen LogP contribution in [0.4, 0.5) is 0 Å². The van der Waals surface area contributed by atoms with Gasteiger partial charge in [0.25, 0.3) is 0 Å². The standard InChI is InChI=1S/C46H73N5O5/c1-6-7-8-9-16-23-44(54)51(26-17-24-49-45(55)38(30-36-19-12-10-13-20-36)32-42(52)40(47)28-34(2)3)27-18-25-50-46(56)39(31-37-21-14-11-15-22-37)33-43(53)41(48)29-35(4)5/h10-15,19-22,34-35,38-41H,6-9,16-18,23-33,47-48H2,1-5H3,(H,49,55)(H,50,56)/t38-,39-,40+,41+/m0/s1. The molecule has 0 bridgehead atoms. The van der Waals surface area contributed by atoms with Crippen LogP contribution in [0, 0.1) is 23.7 Å². The molecule has 0 saturated carbocycles. The number of benzene rings is 2. The van der Waals surface area contributed by atoms with Gasteiger partial charge in [-0.2, -0.15) is 0 Å². The lowest BCUT2D eigenvalue weighted by Gasteiger charge is -2.24. The molecule has 2 rings (SSSR count). The summed E-state index contributed by atoms with van der Waals surface area (Å²) in [4.78, 5) is 68.3. The number of amides is 3. The lowest BCUT2D eigenvalue weighted by atomic mass is 9.89. The van der Waals surface area contributed by atoms with Gasteiger partial charge in [0, 0.05) is 57.3 Å². The van der Waals surface area contributed by atoms with Crippen LogP contribution < -0.4 is 22.1 Å². The first-order valence-corrected chi connectivity index (χ1v) is 21.3. The highest BCUT2D eigenvalue weighted by molar-refractivity contribution is 5.90. The Morgan fingerprint density at radius 3 is 1.39 bits per heavy atom. The van der Waals surface area contributed by atoms with Crippen molar-refractivity contribution in [2.24, 2.45) is 35.1 Å². The van der Waals surface area contributed by atoms with Gasteiger partial charge in [0.1, 0.15) is 11.6 Å². The lowest BCUT2D eigenvalue weighted by Crippen LogP contribution is -2.40. The number of nitrogens with one attached hydrogen (secondary N) is 2. The first-order valence-electron chi connectivity index (χ1n) is 21.3. The van der Waals surface area contributed by atoms with E-state index in [0.717, 1.165) is 43.2 Å². The SMILES string of the molecule is CCCCCCCC(=O)N(CCCNC(=O)[C@H](CC(=O)[C@H](N)CC(C)C)Cc1ccccc1)CCCNC(=O)[C@H](CC(=O)[C@H](N)CC(C)C)Cc1ccccc1. The highest BCUT2D eigenvalue weighted by Crippen LogP contribution is 2.18. The van der Waals surface area contributed by atoms with E-state index in [4.69, 9.17) is 11.5 Å². The fraction of sp³-hybridized carbons (Fsp3) is 0.630. The predicted octanol–water partition coefficient (Wildman–Crippen LogP) is 6.57. The molecular weight excluding hydrogens is 703 g/mol. The van der Waals surface area contributed by atoms with Crippen LogP contribution in [0.1, 0.15) is 123 Å². The van der Waals surface area contributed by atoms with E-state index in [1.54, 1.807) is 0 Å². The average molecular weight is 776 g/mol. The van der Waals surface area contributed by atoms with Crippen LogP contribution in [0.15, 0.2) is 60.7 Å². The number of nitrogens with zero attached hydrogens (tertiary/aromatic N) is 1. The summed E-state index contributed by atoms with van der Waals surface area (Å²) in [7, 11) is 0. The van der Waals surface area contributed by atoms with Crippen LogP contribution in [0.2, 0.25) is 0 Å². The number of Topliss-reactive ketones (excluding diaryl/α,β-unsaturated/α-hetero) is 2. The van der Waals surface area contributed by atoms with Crippen molar-refractivity contribution in [1.82, 2.24) is 15.5 Å². The lowest BCUT2D eigenvalue weighted by molar-refractivity contribution is -0.131. The molecule has 312 valence electrons. The number of nitrogens with two attached hydrogens (primary N) is 2. The third-order valence-electron chi connectivity index (χ3n) is 10.2. The smallest absolute Gasteiger partial charge is 0.223 e. The third-order valence-corrected chi connectivity index (χ3v) is 10.2. The van der Waals surface area contributed by atoms with Crippen molar-refractivity contribution in [2.75, 3.05) is 26.2 Å². The summed E-state index contributed by atoms with van der Waals surface area (Å²) in [5.74, 6) is -1.06. The van der Waals surface area contributed by atoms with Gasteiger partial charge in [-0.25, -0.2) is 0 Å². The van der Waals surface area contributed by atoms with E-state index in [1.165, 1.54) is 0 Å². The second-order valence-electron chi connectivity index (χ2n) is 16.4. The van der Waals surface area contributed by atoms with E-state index < -0.39 is 23.9 Å². The van der Waals surface area contributed by atoms with Gasteiger partial charge >= 0.3 is 0 Å². The van der Waals surface area contributed by atoms with E-state index in [0.29, 0.717) is 71.1 Å². The number of hydrogen-bond donors (Lipinski definition) is 4. The Kier molecular flexibility index (Phi) is 23.8. The topological polar surface area (TPSA) is 165 Å². The summed E-state index contributed by atoms with van der Waals surface area (Å²) in [5.41, 5.74) is 14.4. The molecule has 56 heavy (non-hydrogen) atoms. The second kappa shape index (κ2) is 27.7. The summed E-state index contributed by atoms with van der Waals surface area (Å²) < 4.78 is 0. The Balaban J connectivity index is 2.02. The Hall–Kier alpha value is -3.89. The van der Waals surface area contributed by atoms with Crippen LogP contribution in [0.3, 0.4) is 0 Å². The molecular formula is C46H73N5O5. The molecule has 10 nitrogen and oxygen atoms in total. The van der Waals surface area contributed by atoms with Crippen LogP contribution in [0.25, 0.3) is 0 Å². The zero-order valence-electron chi connectivity index (χ0n) is 35.1. The van der Waals surface area contributed by atoms with Crippen molar-refractivity contribution in [3.63, 3.8) is 0 Å². The highest BCUT2D eigenvalue weighted by Gasteiger charge is 2.27. The minimum absolute atomic E-state index is 0.0672. The number of ketones is 2. The molecule has 0 saturated heterocycles. The van der Waals surface area contributed by atoms with Crippen molar-refractivity contribution < 1.29 is 24.0 Å². The van der Waals surface area contributed by atoms with E-state index >= 15 is 0 Å². The molecule has 0 fully saturated rings. The maximum Gasteiger partial charge on any atom is 0.223 e. The second-order valence-corrected chi connectivity index (χ2v) is 16.4. The largest absolute Gasteiger partial charge is 0.356 e. The zero-order chi connectivity index (χ0) is 41.3. The van der Waals surface area contributed by atoms with Gasteiger partial charge in [-0.1, -0.05) is 121 Å². The molecule has 0 spiro atoms. The van der Waals surface area contributed by atoms with Gasteiger partial charge in [0.2, 0.25) is 17.7 Å². The monoisotopic (exact) mass is 776 g/mol. The number of carbonyl (C=O) groups is 5. The van der Waals surface area contributed by atoms with Crippen molar-refractivity contribution in [3.05, 3.63) is 71.8 Å². The number of carbonyl (C=O) groups excluding carboxylic acids is 5. The van der Waals surface area contributed by atoms with Crippen molar-refractivity contribution in [2.45, 2.75) is 137 Å². The molecule has 2 aromatic carbocycles. The Labute approximate surface area is 337 Å². The minimum atomic E-state index is -0.599. The molecule has 0 radical (unpaired) electrons. The Bertz CT molecular complexity index is 1340. The highest BCUT2D eigenvalue weighted by atomic mass is 16.2. The maximum atomic E-state index is 13.5. The molecule has 10 heteroatoms. The molecule has 0 heterocycles. The Morgan fingerprint density at radius 2 is 1.00 bits per heavy atom. The molecule has 6 N–H and O–H groups in total. The average Bonchev–Trinajstić information content (AvgIpc) is 3.16. The van der Waals surface area contributed by atoms with Gasteiger partial charge in [-0.05, 0) is 67.9 Å². The molecule has 0 unspecified atom stereocenters. The van der Waals surface area contributed by atoms with E-state index in [9.17, 15) is 24.0 Å². The molecule has 0 aliphatic rings. The van der Waals surface area contributed by atoms with Crippen molar-refractivity contribution in [1.29, 1.82) is 0 Å². The summed E-state index contributed by atoms with van der Waals surface area (Å²) in [6.07, 6.45) is 8.96. The fourth-order valence-electron chi connectivity index (χ4n) is 7.03. The molecule has 0 aliphatic carbocycles. The summed E-state index contributed by atoms with van der Waals surface area (Å²) in [5, 5.41) is 6.07. The van der Waals surface area contributed by atoms with Crippen LogP contribution >= 0.6 is 0 Å². The fourth-order valence-corrected chi connectivity index (χ4v) is 7.03. The summed E-state index contributed by atoms with van der Waals surface area (Å²) >= 11 is 0. The van der Waals surface area contributed by atoms with Gasteiger partial charge in [0.15, 0.2) is 0 Å². The maximum absolute atomic E-state index is 13.5. The molecule has 3 amide bonds. The molecule has 4 atom stereocenters. The van der Waals surface area contributed by atoms with Gasteiger partial charge in [0.05, 0.1) is 12.1 Å². The van der Waals surface area contributed by atoms with Crippen molar-refractivity contribution >= 4 is 29.3 Å². The van der Waals surface area contributed by atoms with Crippen LogP contribution in [0.5, 0.6) is 0 Å². The van der Waals surface area contributed by atoms with Crippen molar-refractivity contribution in [3.8, 4) is 0 Å². The number of hydrogen-bond acceptors (Lipinski definition) is 7. The quantitative estimate of drug-likeness (QED) is 0.0652. The first-order chi connectivity index (χ1) is 26.8. The van der Waals surface area contributed by atoms with Gasteiger partial charge < -0.3 is 27.0 Å².